The summed E-state index contributed by atoms with van der Waals surface area (Å²) in [6.45, 7) is -0.419. The molecular weight excluding hydrogens is 342 g/mol. The lowest BCUT2D eigenvalue weighted by Crippen LogP contribution is -2.18. The van der Waals surface area contributed by atoms with Crippen LogP contribution < -0.4 is 9.47 Å². The largest absolute Gasteiger partial charge is 0.454 e. The number of hydrogen-bond acceptors (Lipinski definition) is 6. The lowest BCUT2D eigenvalue weighted by Gasteiger charge is -2.05. The van der Waals surface area contributed by atoms with Gasteiger partial charge in [0.1, 0.15) is 5.41 Å². The number of nitriles is 1. The number of hydrogen-bond donors (Lipinski definition) is 1. The van der Waals surface area contributed by atoms with E-state index < -0.39 is 33.0 Å². The van der Waals surface area contributed by atoms with Crippen LogP contribution in [0.1, 0.15) is 11.5 Å². The smallest absolute Gasteiger partial charge is 0.231 e. The molecule has 1 heterocycles. The molecule has 0 amide bonds. The fraction of sp³-hybridized carbons (Fsp3) is 0.278. The van der Waals surface area contributed by atoms with E-state index in [2.05, 4.69) is 0 Å². The molecule has 2 aromatic carbocycles. The van der Waals surface area contributed by atoms with Crippen molar-refractivity contribution in [2.24, 2.45) is 5.41 Å². The summed E-state index contributed by atoms with van der Waals surface area (Å²) in [5.41, 5.74) is -0.716. The molecular formula is C18H15NO5S. The highest BCUT2D eigenvalue weighted by atomic mass is 32.2. The number of fused-ring (bicyclic) bond motifs is 1. The van der Waals surface area contributed by atoms with Gasteiger partial charge in [-0.2, -0.15) is 5.26 Å². The summed E-state index contributed by atoms with van der Waals surface area (Å²) in [5, 5.41) is 18.4. The molecule has 2 aromatic rings. The number of benzene rings is 2. The van der Waals surface area contributed by atoms with E-state index in [1.807, 2.05) is 6.07 Å². The Morgan fingerprint density at radius 2 is 1.88 bits per heavy atom. The molecule has 0 radical (unpaired) electrons. The standard InChI is InChI=1S/C18H15NO5S/c19-9-18(10-20)16(12-6-7-14-15(8-12)24-11-23-14)17(18)25(21,22)13-4-2-1-3-5-13/h1-8,16-17,20H,10-11H2/t16-,17+,18-/m1/s1. The van der Waals surface area contributed by atoms with E-state index in [0.717, 1.165) is 0 Å². The number of ether oxygens (including phenoxy) is 2. The maximum absolute atomic E-state index is 13.0. The van der Waals surface area contributed by atoms with E-state index in [4.69, 9.17) is 9.47 Å². The van der Waals surface area contributed by atoms with Crippen LogP contribution in [-0.2, 0) is 9.84 Å². The molecule has 25 heavy (non-hydrogen) atoms. The zero-order chi connectivity index (χ0) is 17.7. The second-order valence-corrected chi connectivity index (χ2v) is 8.25. The molecule has 1 N–H and O–H groups in total. The Morgan fingerprint density at radius 3 is 2.56 bits per heavy atom. The third-order valence-electron chi connectivity index (χ3n) is 4.89. The number of aliphatic hydroxyl groups excluding tert-OH is 1. The summed E-state index contributed by atoms with van der Waals surface area (Å²) < 4.78 is 36.7. The highest BCUT2D eigenvalue weighted by Crippen LogP contribution is 2.64. The van der Waals surface area contributed by atoms with Crippen LogP contribution in [0, 0.1) is 16.7 Å². The fourth-order valence-electron chi connectivity index (χ4n) is 3.55. The van der Waals surface area contributed by atoms with Gasteiger partial charge in [-0.3, -0.25) is 0 Å². The Balaban J connectivity index is 1.79. The summed E-state index contributed by atoms with van der Waals surface area (Å²) in [6.07, 6.45) is 0. The third kappa shape index (κ3) is 2.22. The van der Waals surface area contributed by atoms with Gasteiger partial charge in [0.2, 0.25) is 6.79 Å². The molecule has 0 saturated heterocycles. The van der Waals surface area contributed by atoms with Crippen LogP contribution >= 0.6 is 0 Å². The van der Waals surface area contributed by atoms with Crippen LogP contribution in [0.3, 0.4) is 0 Å². The molecule has 1 saturated carbocycles. The van der Waals surface area contributed by atoms with Gasteiger partial charge in [-0.15, -0.1) is 0 Å². The highest BCUT2D eigenvalue weighted by Gasteiger charge is 2.72. The first-order chi connectivity index (χ1) is 12.0. The third-order valence-corrected chi connectivity index (χ3v) is 7.18. The SMILES string of the molecule is N#C[C@@]1(CO)[C@H](c2ccc3c(c2)OCO3)[C@@H]1S(=O)(=O)c1ccccc1. The molecule has 0 bridgehead atoms. The maximum atomic E-state index is 13.0. The lowest BCUT2D eigenvalue weighted by molar-refractivity contribution is 0.174. The quantitative estimate of drug-likeness (QED) is 0.897. The molecule has 1 aliphatic carbocycles. The van der Waals surface area contributed by atoms with E-state index in [9.17, 15) is 18.8 Å². The molecule has 1 fully saturated rings. The zero-order valence-corrected chi connectivity index (χ0v) is 13.9. The monoisotopic (exact) mass is 357 g/mol. The minimum atomic E-state index is -3.76. The van der Waals surface area contributed by atoms with E-state index in [-0.39, 0.29) is 11.7 Å². The molecule has 3 atom stereocenters. The molecule has 2 aliphatic rings. The van der Waals surface area contributed by atoms with Crippen molar-refractivity contribution in [3.8, 4) is 17.6 Å². The van der Waals surface area contributed by atoms with Crippen molar-refractivity contribution in [1.29, 1.82) is 5.26 Å². The van der Waals surface area contributed by atoms with Crippen molar-refractivity contribution >= 4 is 9.84 Å². The average molecular weight is 357 g/mol. The van der Waals surface area contributed by atoms with Crippen LogP contribution in [0.5, 0.6) is 11.5 Å². The maximum Gasteiger partial charge on any atom is 0.231 e. The summed E-state index contributed by atoms with van der Waals surface area (Å²) in [6, 6.07) is 15.2. The summed E-state index contributed by atoms with van der Waals surface area (Å²) in [5.74, 6) is 0.477. The van der Waals surface area contributed by atoms with Crippen LogP contribution in [0.25, 0.3) is 0 Å². The van der Waals surface area contributed by atoms with Gasteiger partial charge in [0.15, 0.2) is 21.3 Å². The van der Waals surface area contributed by atoms with E-state index in [0.29, 0.717) is 17.1 Å². The Bertz CT molecular complexity index is 967. The van der Waals surface area contributed by atoms with Gasteiger partial charge in [-0.1, -0.05) is 24.3 Å². The first kappa shape index (κ1) is 15.9. The highest BCUT2D eigenvalue weighted by molar-refractivity contribution is 7.92. The predicted octanol–water partition coefficient (Wildman–Crippen LogP) is 1.86. The van der Waals surface area contributed by atoms with E-state index >= 15 is 0 Å². The molecule has 128 valence electrons. The van der Waals surface area contributed by atoms with Gasteiger partial charge in [0.25, 0.3) is 0 Å². The minimum absolute atomic E-state index is 0.110. The Kier molecular flexibility index (Phi) is 3.49. The van der Waals surface area contributed by atoms with Gasteiger partial charge < -0.3 is 14.6 Å². The Labute approximate surface area is 145 Å². The molecule has 7 heteroatoms. The molecule has 0 spiro atoms. The van der Waals surface area contributed by atoms with Crippen LogP contribution in [0.4, 0.5) is 0 Å². The molecule has 0 aromatic heterocycles. The Hall–Kier alpha value is -2.56. The summed E-state index contributed by atoms with van der Waals surface area (Å²) in [7, 11) is -3.76. The fourth-order valence-corrected chi connectivity index (χ4v) is 5.89. The van der Waals surface area contributed by atoms with Gasteiger partial charge in [-0.25, -0.2) is 8.42 Å². The molecule has 0 unspecified atom stereocenters. The van der Waals surface area contributed by atoms with Gasteiger partial charge >= 0.3 is 0 Å². The summed E-state index contributed by atoms with van der Waals surface area (Å²) in [4.78, 5) is 0.149. The second kappa shape index (κ2) is 5.48. The van der Waals surface area contributed by atoms with Crippen molar-refractivity contribution in [2.45, 2.75) is 16.1 Å². The molecule has 4 rings (SSSR count). The van der Waals surface area contributed by atoms with Crippen molar-refractivity contribution in [3.05, 3.63) is 54.1 Å². The number of aliphatic hydroxyl groups is 1. The topological polar surface area (TPSA) is 96.6 Å². The first-order valence-electron chi connectivity index (χ1n) is 7.75. The molecule has 1 aliphatic heterocycles. The summed E-state index contributed by atoms with van der Waals surface area (Å²) >= 11 is 0. The second-order valence-electron chi connectivity index (χ2n) is 6.18. The predicted molar refractivity (Wildman–Crippen MR) is 87.9 cm³/mol. The van der Waals surface area contributed by atoms with E-state index in [1.54, 1.807) is 36.4 Å². The Morgan fingerprint density at radius 1 is 1.16 bits per heavy atom. The normalized spacial score (nSPS) is 26.9. The van der Waals surface area contributed by atoms with Gasteiger partial charge in [0.05, 0.1) is 22.8 Å². The number of rotatable bonds is 4. The van der Waals surface area contributed by atoms with Crippen molar-refractivity contribution in [3.63, 3.8) is 0 Å². The zero-order valence-electron chi connectivity index (χ0n) is 13.1. The first-order valence-corrected chi connectivity index (χ1v) is 9.30. The lowest BCUT2D eigenvalue weighted by atomic mass is 10.0. The van der Waals surface area contributed by atoms with Gasteiger partial charge in [-0.05, 0) is 29.8 Å². The van der Waals surface area contributed by atoms with Crippen LogP contribution in [-0.4, -0.2) is 32.2 Å². The van der Waals surface area contributed by atoms with Crippen LogP contribution in [0.2, 0.25) is 0 Å². The van der Waals surface area contributed by atoms with E-state index in [1.165, 1.54) is 12.1 Å². The van der Waals surface area contributed by atoms with Crippen LogP contribution in [0.15, 0.2) is 53.4 Å². The van der Waals surface area contributed by atoms with Crippen molar-refractivity contribution in [1.82, 2.24) is 0 Å². The van der Waals surface area contributed by atoms with Crippen molar-refractivity contribution < 1.29 is 23.0 Å². The van der Waals surface area contributed by atoms with Gasteiger partial charge in [0, 0.05) is 5.92 Å². The average Bonchev–Trinajstić information content (AvgIpc) is 3.12. The van der Waals surface area contributed by atoms with Crippen molar-refractivity contribution in [2.75, 3.05) is 13.4 Å². The molecule has 6 nitrogen and oxygen atoms in total. The number of sulfone groups is 1. The minimum Gasteiger partial charge on any atom is -0.454 e. The number of nitrogens with zero attached hydrogens (tertiary/aromatic N) is 1.